The molecule has 6 heteroatoms. The van der Waals surface area contributed by atoms with Crippen LogP contribution in [-0.2, 0) is 9.59 Å². The summed E-state index contributed by atoms with van der Waals surface area (Å²) >= 11 is 0. The van der Waals surface area contributed by atoms with E-state index in [9.17, 15) is 9.59 Å². The lowest BCUT2D eigenvalue weighted by molar-refractivity contribution is -0.130. The van der Waals surface area contributed by atoms with Crippen molar-refractivity contribution in [2.24, 2.45) is 5.92 Å². The van der Waals surface area contributed by atoms with Gasteiger partial charge in [0.05, 0.1) is 13.7 Å². The quantitative estimate of drug-likeness (QED) is 0.717. The van der Waals surface area contributed by atoms with Crippen molar-refractivity contribution in [1.29, 1.82) is 0 Å². The first kappa shape index (κ1) is 15.2. The molecule has 1 aliphatic carbocycles. The first-order valence-corrected chi connectivity index (χ1v) is 7.15. The largest absolute Gasteiger partial charge is 0.497 e. The van der Waals surface area contributed by atoms with Crippen LogP contribution in [0, 0.1) is 5.92 Å². The maximum atomic E-state index is 11.7. The van der Waals surface area contributed by atoms with Crippen LogP contribution in [0.1, 0.15) is 25.7 Å². The molecular formula is C15H21N3O3. The van der Waals surface area contributed by atoms with E-state index in [1.807, 2.05) is 24.3 Å². The Morgan fingerprint density at radius 1 is 1.14 bits per heavy atom. The highest BCUT2D eigenvalue weighted by molar-refractivity contribution is 5.85. The van der Waals surface area contributed by atoms with Crippen LogP contribution in [0.25, 0.3) is 0 Å². The van der Waals surface area contributed by atoms with Gasteiger partial charge in [-0.1, -0.05) is 12.8 Å². The van der Waals surface area contributed by atoms with Gasteiger partial charge in [0, 0.05) is 11.6 Å². The SMILES string of the molecule is COc1ccc(NCC(=O)NNC(=O)C2CCCC2)cc1. The van der Waals surface area contributed by atoms with Gasteiger partial charge in [-0.15, -0.1) is 0 Å². The van der Waals surface area contributed by atoms with Crippen LogP contribution in [0.3, 0.4) is 0 Å². The molecular weight excluding hydrogens is 270 g/mol. The molecule has 6 nitrogen and oxygen atoms in total. The van der Waals surface area contributed by atoms with Crippen LogP contribution in [-0.4, -0.2) is 25.5 Å². The third-order valence-electron chi connectivity index (χ3n) is 3.59. The highest BCUT2D eigenvalue weighted by atomic mass is 16.5. The number of anilines is 1. The smallest absolute Gasteiger partial charge is 0.257 e. The molecule has 2 rings (SSSR count). The number of carbonyl (C=O) groups excluding carboxylic acids is 2. The van der Waals surface area contributed by atoms with Crippen molar-refractivity contribution >= 4 is 17.5 Å². The lowest BCUT2D eigenvalue weighted by Crippen LogP contribution is -2.46. The summed E-state index contributed by atoms with van der Waals surface area (Å²) in [5.74, 6) is 0.427. The van der Waals surface area contributed by atoms with E-state index >= 15 is 0 Å². The molecule has 1 aromatic rings. The first-order chi connectivity index (χ1) is 10.2. The van der Waals surface area contributed by atoms with Crippen LogP contribution < -0.4 is 20.9 Å². The predicted octanol–water partition coefficient (Wildman–Crippen LogP) is 1.44. The zero-order chi connectivity index (χ0) is 15.1. The summed E-state index contributed by atoms with van der Waals surface area (Å²) in [5.41, 5.74) is 5.72. The van der Waals surface area contributed by atoms with Crippen LogP contribution in [0.4, 0.5) is 5.69 Å². The Labute approximate surface area is 124 Å². The number of hydrogen-bond donors (Lipinski definition) is 3. The number of amides is 2. The average molecular weight is 291 g/mol. The summed E-state index contributed by atoms with van der Waals surface area (Å²) in [6, 6.07) is 7.26. The van der Waals surface area contributed by atoms with Crippen molar-refractivity contribution in [2.75, 3.05) is 19.0 Å². The molecule has 0 radical (unpaired) electrons. The zero-order valence-electron chi connectivity index (χ0n) is 12.1. The molecule has 2 amide bonds. The van der Waals surface area contributed by atoms with Gasteiger partial charge in [-0.2, -0.15) is 0 Å². The molecule has 0 spiro atoms. The molecule has 1 fully saturated rings. The lowest BCUT2D eigenvalue weighted by atomic mass is 10.1. The molecule has 1 saturated carbocycles. The average Bonchev–Trinajstić information content (AvgIpc) is 3.05. The standard InChI is InChI=1S/C15H21N3O3/c1-21-13-8-6-12(7-9-13)16-10-14(19)17-18-15(20)11-4-2-3-5-11/h6-9,11,16H,2-5,10H2,1H3,(H,17,19)(H,18,20). The van der Waals surface area contributed by atoms with Crippen LogP contribution >= 0.6 is 0 Å². The van der Waals surface area contributed by atoms with Crippen molar-refractivity contribution in [2.45, 2.75) is 25.7 Å². The van der Waals surface area contributed by atoms with Crippen molar-refractivity contribution in [1.82, 2.24) is 10.9 Å². The Hall–Kier alpha value is -2.24. The minimum Gasteiger partial charge on any atom is -0.497 e. The van der Waals surface area contributed by atoms with Gasteiger partial charge in [0.1, 0.15) is 5.75 Å². The normalized spacial score (nSPS) is 14.5. The van der Waals surface area contributed by atoms with E-state index in [2.05, 4.69) is 16.2 Å². The van der Waals surface area contributed by atoms with Crippen molar-refractivity contribution in [3.8, 4) is 5.75 Å². The van der Waals surface area contributed by atoms with E-state index in [0.717, 1.165) is 37.1 Å². The second-order valence-electron chi connectivity index (χ2n) is 5.10. The van der Waals surface area contributed by atoms with Gasteiger partial charge in [-0.05, 0) is 37.1 Å². The van der Waals surface area contributed by atoms with E-state index < -0.39 is 0 Å². The summed E-state index contributed by atoms with van der Waals surface area (Å²) in [6.45, 7) is 0.0945. The van der Waals surface area contributed by atoms with Gasteiger partial charge in [0.2, 0.25) is 5.91 Å². The van der Waals surface area contributed by atoms with Gasteiger partial charge >= 0.3 is 0 Å². The molecule has 1 aliphatic rings. The third kappa shape index (κ3) is 4.66. The van der Waals surface area contributed by atoms with E-state index in [-0.39, 0.29) is 24.3 Å². The summed E-state index contributed by atoms with van der Waals surface area (Å²) in [5, 5.41) is 2.97. The van der Waals surface area contributed by atoms with Crippen LogP contribution in [0.15, 0.2) is 24.3 Å². The third-order valence-corrected chi connectivity index (χ3v) is 3.59. The molecule has 21 heavy (non-hydrogen) atoms. The molecule has 1 aromatic carbocycles. The predicted molar refractivity (Wildman–Crippen MR) is 79.7 cm³/mol. The maximum absolute atomic E-state index is 11.7. The van der Waals surface area contributed by atoms with Gasteiger partial charge < -0.3 is 10.1 Å². The molecule has 0 aromatic heterocycles. The minimum atomic E-state index is -0.280. The minimum absolute atomic E-state index is 0.0415. The van der Waals surface area contributed by atoms with Gasteiger partial charge in [0.25, 0.3) is 5.91 Å². The van der Waals surface area contributed by atoms with Crippen LogP contribution in [0.2, 0.25) is 0 Å². The zero-order valence-corrected chi connectivity index (χ0v) is 12.1. The Bertz CT molecular complexity index is 481. The van der Waals surface area contributed by atoms with E-state index in [4.69, 9.17) is 4.74 Å². The monoisotopic (exact) mass is 291 g/mol. The molecule has 114 valence electrons. The molecule has 0 unspecified atom stereocenters. The topological polar surface area (TPSA) is 79.5 Å². The number of nitrogens with one attached hydrogen (secondary N) is 3. The Morgan fingerprint density at radius 2 is 1.81 bits per heavy atom. The fraction of sp³-hybridized carbons (Fsp3) is 0.467. The molecule has 0 atom stereocenters. The highest BCUT2D eigenvalue weighted by Gasteiger charge is 2.22. The molecule has 0 heterocycles. The Kier molecular flexibility index (Phi) is 5.43. The summed E-state index contributed by atoms with van der Waals surface area (Å²) in [7, 11) is 1.60. The Balaban J connectivity index is 1.67. The van der Waals surface area contributed by atoms with E-state index in [1.54, 1.807) is 7.11 Å². The number of rotatable bonds is 5. The fourth-order valence-electron chi connectivity index (χ4n) is 2.36. The molecule has 0 saturated heterocycles. The lowest BCUT2D eigenvalue weighted by Gasteiger charge is -2.12. The van der Waals surface area contributed by atoms with Gasteiger partial charge in [-0.3, -0.25) is 20.4 Å². The second-order valence-corrected chi connectivity index (χ2v) is 5.10. The van der Waals surface area contributed by atoms with Crippen molar-refractivity contribution in [3.05, 3.63) is 24.3 Å². The van der Waals surface area contributed by atoms with Crippen molar-refractivity contribution in [3.63, 3.8) is 0 Å². The first-order valence-electron chi connectivity index (χ1n) is 7.15. The molecule has 0 bridgehead atoms. The van der Waals surface area contributed by atoms with Crippen molar-refractivity contribution < 1.29 is 14.3 Å². The number of benzene rings is 1. The summed E-state index contributed by atoms with van der Waals surface area (Å²) in [6.07, 6.45) is 3.99. The second kappa shape index (κ2) is 7.52. The Morgan fingerprint density at radius 3 is 2.43 bits per heavy atom. The van der Waals surface area contributed by atoms with Gasteiger partial charge in [-0.25, -0.2) is 0 Å². The number of hydrazine groups is 1. The fourth-order valence-corrected chi connectivity index (χ4v) is 2.36. The number of carbonyl (C=O) groups is 2. The number of ether oxygens (including phenoxy) is 1. The van der Waals surface area contributed by atoms with E-state index in [1.165, 1.54) is 0 Å². The van der Waals surface area contributed by atoms with E-state index in [0.29, 0.717) is 0 Å². The van der Waals surface area contributed by atoms with Crippen LogP contribution in [0.5, 0.6) is 5.75 Å². The maximum Gasteiger partial charge on any atom is 0.257 e. The summed E-state index contributed by atoms with van der Waals surface area (Å²) < 4.78 is 5.05. The highest BCUT2D eigenvalue weighted by Crippen LogP contribution is 2.24. The molecule has 0 aliphatic heterocycles. The number of methoxy groups -OCH3 is 1. The van der Waals surface area contributed by atoms with Gasteiger partial charge in [0.15, 0.2) is 0 Å². The molecule has 3 N–H and O–H groups in total. The summed E-state index contributed by atoms with van der Waals surface area (Å²) in [4.78, 5) is 23.4. The number of hydrogen-bond acceptors (Lipinski definition) is 4.